The fourth-order valence-electron chi connectivity index (χ4n) is 7.20. The van der Waals surface area contributed by atoms with Gasteiger partial charge in [0.1, 0.15) is 12.4 Å². The van der Waals surface area contributed by atoms with Crippen molar-refractivity contribution in [1.82, 2.24) is 19.8 Å². The van der Waals surface area contributed by atoms with Crippen molar-refractivity contribution in [3.05, 3.63) is 65.3 Å². The number of nitrogens with zero attached hydrogens (tertiary/aromatic N) is 7. The first-order valence-corrected chi connectivity index (χ1v) is 16.9. The third-order valence-corrected chi connectivity index (χ3v) is 10.4. The summed E-state index contributed by atoms with van der Waals surface area (Å²) in [5.74, 6) is 1.11. The van der Waals surface area contributed by atoms with Crippen LogP contribution >= 0.6 is 25.1 Å². The molecule has 1 saturated heterocycles. The number of hydrogen-bond acceptors (Lipinski definition) is 8. The van der Waals surface area contributed by atoms with Crippen LogP contribution in [-0.4, -0.2) is 83.6 Å². The van der Waals surface area contributed by atoms with Crippen LogP contribution in [0.15, 0.2) is 49.1 Å². The predicted molar refractivity (Wildman–Crippen MR) is 194 cm³/mol. The van der Waals surface area contributed by atoms with E-state index in [4.69, 9.17) is 26.3 Å². The van der Waals surface area contributed by atoms with E-state index in [1.165, 1.54) is 25.3 Å². The molecule has 0 spiro atoms. The van der Waals surface area contributed by atoms with Crippen LogP contribution in [0.3, 0.4) is 0 Å². The fourth-order valence-corrected chi connectivity index (χ4v) is 7.48. The van der Waals surface area contributed by atoms with Gasteiger partial charge in [-0.15, -0.1) is 0 Å². The van der Waals surface area contributed by atoms with E-state index >= 15 is 0 Å². The van der Waals surface area contributed by atoms with Gasteiger partial charge in [-0.1, -0.05) is 62.7 Å². The van der Waals surface area contributed by atoms with E-state index in [2.05, 4.69) is 72.5 Å². The van der Waals surface area contributed by atoms with Crippen LogP contribution in [0.25, 0.3) is 10.8 Å². The number of piperazine rings is 1. The zero-order valence-corrected chi connectivity index (χ0v) is 29.4. The maximum atomic E-state index is 12.6. The van der Waals surface area contributed by atoms with Gasteiger partial charge in [-0.25, -0.2) is 0 Å². The Balaban J connectivity index is 0.00000433. The van der Waals surface area contributed by atoms with Gasteiger partial charge in [0.15, 0.2) is 0 Å². The van der Waals surface area contributed by atoms with Crippen molar-refractivity contribution in [2.45, 2.75) is 70.6 Å². The molecule has 1 aliphatic carbocycles. The van der Waals surface area contributed by atoms with Crippen molar-refractivity contribution in [1.29, 1.82) is 5.26 Å². The molecule has 11 heteroatoms. The van der Waals surface area contributed by atoms with Gasteiger partial charge in [0, 0.05) is 54.9 Å². The summed E-state index contributed by atoms with van der Waals surface area (Å²) < 4.78 is 6.49. The van der Waals surface area contributed by atoms with Gasteiger partial charge in [-0.2, -0.15) is 28.7 Å². The fraction of sp³-hybridized carbons (Fsp3) is 0.500. The zero-order valence-electron chi connectivity index (χ0n) is 27.7. The summed E-state index contributed by atoms with van der Waals surface area (Å²) in [5.41, 5.74) is 3.12. The summed E-state index contributed by atoms with van der Waals surface area (Å²) >= 11 is 6.74. The Kier molecular flexibility index (Phi) is 11.2. The van der Waals surface area contributed by atoms with Gasteiger partial charge >= 0.3 is 6.01 Å². The summed E-state index contributed by atoms with van der Waals surface area (Å²) in [7, 11) is 2.21. The van der Waals surface area contributed by atoms with Crippen LogP contribution in [0.4, 0.5) is 11.5 Å². The number of anilines is 2. The van der Waals surface area contributed by atoms with Crippen molar-refractivity contribution in [3.8, 4) is 12.1 Å². The number of benzene rings is 2. The molecule has 2 aliphatic heterocycles. The summed E-state index contributed by atoms with van der Waals surface area (Å²) in [6, 6.07) is 15.6. The Morgan fingerprint density at radius 1 is 1.17 bits per heavy atom. The molecule has 250 valence electrons. The van der Waals surface area contributed by atoms with Gasteiger partial charge < -0.3 is 19.4 Å². The highest BCUT2D eigenvalue weighted by Gasteiger charge is 2.34. The lowest BCUT2D eigenvalue weighted by molar-refractivity contribution is -0.128. The molecule has 2 atom stereocenters. The van der Waals surface area contributed by atoms with Gasteiger partial charge in [0.2, 0.25) is 5.91 Å². The van der Waals surface area contributed by atoms with Gasteiger partial charge in [-0.05, 0) is 55.8 Å². The molecule has 3 aromatic rings. The third-order valence-electron chi connectivity index (χ3n) is 10.1. The molecule has 0 N–H and O–H groups in total. The summed E-state index contributed by atoms with van der Waals surface area (Å²) in [6.45, 7) is 11.7. The summed E-state index contributed by atoms with van der Waals surface area (Å²) in [6.07, 6.45) is 6.08. The average Bonchev–Trinajstić information content (AvgIpc) is 3.03. The number of nitriles is 1. The number of carbonyl (C=O) groups excluding carboxylic acids is 1. The number of likely N-dealkylation sites (N-methyl/N-ethyl adjacent to an activating group) is 1. The number of ether oxygens (including phenoxy) is 1. The number of carbonyl (C=O) groups is 1. The summed E-state index contributed by atoms with van der Waals surface area (Å²) in [5, 5.41) is 12.5. The second-order valence-corrected chi connectivity index (χ2v) is 13.5. The third kappa shape index (κ3) is 7.18. The molecule has 1 saturated carbocycles. The number of hydrogen-bond donors (Lipinski definition) is 0. The molecule has 1 amide bonds. The molecule has 1 aromatic heterocycles. The Labute approximate surface area is 290 Å². The second kappa shape index (κ2) is 15.1. The Hall–Kier alpha value is -3.52. The van der Waals surface area contributed by atoms with Crippen molar-refractivity contribution >= 4 is 53.3 Å². The van der Waals surface area contributed by atoms with Crippen molar-refractivity contribution in [2.75, 3.05) is 49.6 Å². The lowest BCUT2D eigenvalue weighted by Crippen LogP contribution is -2.55. The first kappa shape index (κ1) is 34.8. The standard InChI is InChI=1S/C36H44ClN7O2.H2S/c1-5-33(45)44-20-19-43(21-27(44)15-17-38)35-28-16-18-42(31-14-7-10-25-9-6-13-29(37)34(25)31)22-30(28)39-36(40-35)46-23-32(24(2)3)41(4)26-11-8-12-26;/h5-7,9-10,13-14,24,26-27,32H,1,8,11-12,15-16,18-23H2,2-4H3;1H2/t27?,32-;/m1./s1. The SMILES string of the molecule is C=CC(=O)N1CCN(c2nc(OC[C@H](C(C)C)N(C)C3CCC3)nc3c2CCN(c2cccc4cccc(Cl)c24)C3)CC1CC#N.S. The Morgan fingerprint density at radius 2 is 1.94 bits per heavy atom. The van der Waals surface area contributed by atoms with Gasteiger partial charge in [-0.3, -0.25) is 9.69 Å². The van der Waals surface area contributed by atoms with E-state index in [0.717, 1.165) is 51.5 Å². The molecule has 0 radical (unpaired) electrons. The molecule has 9 nitrogen and oxygen atoms in total. The van der Waals surface area contributed by atoms with Crippen LogP contribution < -0.4 is 14.5 Å². The topological polar surface area (TPSA) is 88.8 Å². The van der Waals surface area contributed by atoms with Crippen molar-refractivity contribution in [2.24, 2.45) is 5.92 Å². The number of rotatable bonds is 10. The Bertz CT molecular complexity index is 1640. The summed E-state index contributed by atoms with van der Waals surface area (Å²) in [4.78, 5) is 31.5. The number of aromatic nitrogens is 2. The second-order valence-electron chi connectivity index (χ2n) is 13.1. The molecule has 2 fully saturated rings. The molecular formula is C36H46ClN7O2S. The van der Waals surface area contributed by atoms with Gasteiger partial charge in [0.25, 0.3) is 0 Å². The number of fused-ring (bicyclic) bond motifs is 2. The zero-order chi connectivity index (χ0) is 32.4. The molecule has 6 rings (SSSR count). The highest BCUT2D eigenvalue weighted by Crippen LogP contribution is 2.37. The number of halogens is 1. The highest BCUT2D eigenvalue weighted by atomic mass is 35.5. The van der Waals surface area contributed by atoms with E-state index in [1.807, 2.05) is 12.1 Å². The first-order valence-electron chi connectivity index (χ1n) is 16.5. The van der Waals surface area contributed by atoms with E-state index in [1.54, 1.807) is 4.90 Å². The first-order chi connectivity index (χ1) is 22.3. The van der Waals surface area contributed by atoms with Crippen LogP contribution in [-0.2, 0) is 17.8 Å². The highest BCUT2D eigenvalue weighted by molar-refractivity contribution is 7.59. The van der Waals surface area contributed by atoms with Crippen molar-refractivity contribution < 1.29 is 9.53 Å². The number of amides is 1. The molecule has 0 bridgehead atoms. The molecular weight excluding hydrogens is 630 g/mol. The minimum absolute atomic E-state index is 0. The largest absolute Gasteiger partial charge is 0.462 e. The van der Waals surface area contributed by atoms with Crippen LogP contribution in [0.2, 0.25) is 5.02 Å². The van der Waals surface area contributed by atoms with E-state index in [9.17, 15) is 10.1 Å². The predicted octanol–water partition coefficient (Wildman–Crippen LogP) is 5.96. The van der Waals surface area contributed by atoms with Crippen molar-refractivity contribution in [3.63, 3.8) is 0 Å². The minimum atomic E-state index is -0.251. The maximum absolute atomic E-state index is 12.6. The van der Waals surface area contributed by atoms with Crippen LogP contribution in [0.5, 0.6) is 6.01 Å². The van der Waals surface area contributed by atoms with Crippen LogP contribution in [0.1, 0.15) is 50.8 Å². The van der Waals surface area contributed by atoms with E-state index < -0.39 is 0 Å². The molecule has 3 aliphatic rings. The normalized spacial score (nSPS) is 18.7. The Morgan fingerprint density at radius 3 is 2.62 bits per heavy atom. The van der Waals surface area contributed by atoms with Gasteiger partial charge in [0.05, 0.1) is 35.8 Å². The average molecular weight is 676 g/mol. The monoisotopic (exact) mass is 675 g/mol. The quantitative estimate of drug-likeness (QED) is 0.243. The molecule has 1 unspecified atom stereocenters. The van der Waals surface area contributed by atoms with Crippen LogP contribution in [0, 0.1) is 17.2 Å². The minimum Gasteiger partial charge on any atom is -0.462 e. The lowest BCUT2D eigenvalue weighted by Gasteiger charge is -2.42. The lowest BCUT2D eigenvalue weighted by atomic mass is 9.89. The van der Waals surface area contributed by atoms with E-state index in [0.29, 0.717) is 50.8 Å². The molecule has 2 aromatic carbocycles. The maximum Gasteiger partial charge on any atom is 0.318 e. The van der Waals surface area contributed by atoms with E-state index in [-0.39, 0.29) is 37.9 Å². The molecule has 3 heterocycles. The smallest absolute Gasteiger partial charge is 0.318 e. The molecule has 47 heavy (non-hydrogen) atoms.